The molecule has 2 nitrogen and oxygen atoms in total. The summed E-state index contributed by atoms with van der Waals surface area (Å²) >= 11 is 5.74. The van der Waals surface area contributed by atoms with Gasteiger partial charge in [0.15, 0.2) is 5.00 Å². The lowest BCUT2D eigenvalue weighted by Gasteiger charge is -2.23. The third-order valence-corrected chi connectivity index (χ3v) is 1.49. The topological polar surface area (TPSA) is 32.3 Å². The molecule has 0 spiro atoms. The van der Waals surface area contributed by atoms with E-state index in [-0.39, 0.29) is 5.76 Å². The normalized spacial score (nSPS) is 33.3. The van der Waals surface area contributed by atoms with Crippen LogP contribution in [0.15, 0.2) is 24.1 Å². The highest BCUT2D eigenvalue weighted by atomic mass is 35.5. The molecule has 0 saturated heterocycles. The van der Waals surface area contributed by atoms with Crippen LogP contribution in [0.25, 0.3) is 0 Å². The molecule has 0 saturated carbocycles. The first-order chi connectivity index (χ1) is 4.13. The Morgan fingerprint density at radius 2 is 2.44 bits per heavy atom. The zero-order valence-electron chi connectivity index (χ0n) is 5.06. The van der Waals surface area contributed by atoms with Crippen LogP contribution in [0, 0.1) is 0 Å². The fourth-order valence-corrected chi connectivity index (χ4v) is 0.700. The van der Waals surface area contributed by atoms with E-state index in [2.05, 4.69) is 5.32 Å². The van der Waals surface area contributed by atoms with E-state index >= 15 is 0 Å². The number of nitrogens with one attached hydrogen (secondary N) is 1. The van der Waals surface area contributed by atoms with E-state index in [1.54, 1.807) is 25.3 Å². The zero-order chi connectivity index (χ0) is 6.91. The molecule has 1 rings (SSSR count). The van der Waals surface area contributed by atoms with Gasteiger partial charge in [0.1, 0.15) is 5.76 Å². The van der Waals surface area contributed by atoms with Crippen LogP contribution < -0.4 is 5.32 Å². The van der Waals surface area contributed by atoms with E-state index in [9.17, 15) is 0 Å². The SMILES string of the molecule is CC1(Cl)NC=CC=C1O. The van der Waals surface area contributed by atoms with Crippen molar-refractivity contribution < 1.29 is 5.11 Å². The first kappa shape index (κ1) is 6.49. The number of dihydropyridines is 1. The Labute approximate surface area is 58.8 Å². The van der Waals surface area contributed by atoms with Crippen molar-refractivity contribution in [3.05, 3.63) is 24.1 Å². The molecule has 0 bridgehead atoms. The number of halogens is 1. The van der Waals surface area contributed by atoms with E-state index in [1.165, 1.54) is 0 Å². The van der Waals surface area contributed by atoms with Crippen LogP contribution in [0.2, 0.25) is 0 Å². The Bertz CT molecular complexity index is 172. The summed E-state index contributed by atoms with van der Waals surface area (Å²) in [6.45, 7) is 1.68. The van der Waals surface area contributed by atoms with Crippen LogP contribution in [0.4, 0.5) is 0 Å². The Morgan fingerprint density at radius 3 is 2.78 bits per heavy atom. The summed E-state index contributed by atoms with van der Waals surface area (Å²) in [6, 6.07) is 0. The third kappa shape index (κ3) is 1.19. The quantitative estimate of drug-likeness (QED) is 0.400. The summed E-state index contributed by atoms with van der Waals surface area (Å²) < 4.78 is 0. The average Bonchev–Trinajstić information content (AvgIpc) is 1.77. The van der Waals surface area contributed by atoms with Gasteiger partial charge in [-0.15, -0.1) is 0 Å². The number of aliphatic hydroxyl groups excluding tert-OH is 1. The molecule has 0 radical (unpaired) electrons. The molecule has 0 amide bonds. The molecule has 0 fully saturated rings. The van der Waals surface area contributed by atoms with Gasteiger partial charge in [-0.05, 0) is 25.3 Å². The molecular formula is C6H8ClNO. The van der Waals surface area contributed by atoms with Gasteiger partial charge in [0, 0.05) is 0 Å². The summed E-state index contributed by atoms with van der Waals surface area (Å²) in [5.41, 5.74) is 0. The Kier molecular flexibility index (Phi) is 1.41. The van der Waals surface area contributed by atoms with Gasteiger partial charge < -0.3 is 10.4 Å². The van der Waals surface area contributed by atoms with Gasteiger partial charge in [-0.1, -0.05) is 11.6 Å². The standard InChI is InChI=1S/C6H8ClNO/c1-6(7)5(9)3-2-4-8-6/h2-4,8-9H,1H3. The van der Waals surface area contributed by atoms with Gasteiger partial charge in [-0.3, -0.25) is 0 Å². The molecule has 0 aromatic carbocycles. The number of aliphatic hydroxyl groups is 1. The summed E-state index contributed by atoms with van der Waals surface area (Å²) in [5.74, 6) is 0.145. The molecule has 1 heterocycles. The van der Waals surface area contributed by atoms with Crippen molar-refractivity contribution in [3.63, 3.8) is 0 Å². The van der Waals surface area contributed by atoms with E-state index in [4.69, 9.17) is 16.7 Å². The maximum absolute atomic E-state index is 9.05. The maximum atomic E-state index is 9.05. The lowest BCUT2D eigenvalue weighted by Crippen LogP contribution is -2.36. The molecule has 0 aliphatic carbocycles. The monoisotopic (exact) mass is 145 g/mol. The molecule has 50 valence electrons. The lowest BCUT2D eigenvalue weighted by atomic mass is 10.2. The number of hydrogen-bond acceptors (Lipinski definition) is 2. The third-order valence-electron chi connectivity index (χ3n) is 1.19. The van der Waals surface area contributed by atoms with Crippen LogP contribution in [-0.4, -0.2) is 10.1 Å². The van der Waals surface area contributed by atoms with E-state index in [1.807, 2.05) is 0 Å². The van der Waals surface area contributed by atoms with Crippen LogP contribution in [0.1, 0.15) is 6.92 Å². The van der Waals surface area contributed by atoms with Crippen molar-refractivity contribution in [1.29, 1.82) is 0 Å². The van der Waals surface area contributed by atoms with Crippen LogP contribution in [0.3, 0.4) is 0 Å². The van der Waals surface area contributed by atoms with Crippen molar-refractivity contribution >= 4 is 11.6 Å². The summed E-state index contributed by atoms with van der Waals surface area (Å²) in [6.07, 6.45) is 4.94. The second-order valence-electron chi connectivity index (χ2n) is 2.06. The smallest absolute Gasteiger partial charge is 0.166 e. The first-order valence-corrected chi connectivity index (χ1v) is 3.03. The Balaban J connectivity index is 2.83. The van der Waals surface area contributed by atoms with Gasteiger partial charge in [0.2, 0.25) is 0 Å². The first-order valence-electron chi connectivity index (χ1n) is 2.66. The van der Waals surface area contributed by atoms with Crippen molar-refractivity contribution in [2.24, 2.45) is 0 Å². The molecule has 1 aliphatic rings. The zero-order valence-corrected chi connectivity index (χ0v) is 5.81. The molecule has 9 heavy (non-hydrogen) atoms. The van der Waals surface area contributed by atoms with E-state index in [0.717, 1.165) is 0 Å². The van der Waals surface area contributed by atoms with Gasteiger partial charge in [-0.2, -0.15) is 0 Å². The Hall–Kier alpha value is -0.630. The fourth-order valence-electron chi connectivity index (χ4n) is 0.574. The minimum atomic E-state index is -0.811. The molecule has 3 heteroatoms. The maximum Gasteiger partial charge on any atom is 0.166 e. The lowest BCUT2D eigenvalue weighted by molar-refractivity contribution is 0.338. The van der Waals surface area contributed by atoms with Crippen molar-refractivity contribution in [1.82, 2.24) is 5.32 Å². The van der Waals surface area contributed by atoms with Gasteiger partial charge in [0.05, 0.1) is 0 Å². The molecule has 1 atom stereocenters. The van der Waals surface area contributed by atoms with Crippen LogP contribution in [0.5, 0.6) is 0 Å². The molecule has 0 aromatic heterocycles. The highest BCUT2D eigenvalue weighted by molar-refractivity contribution is 6.25. The Morgan fingerprint density at radius 1 is 1.78 bits per heavy atom. The second-order valence-corrected chi connectivity index (χ2v) is 2.81. The van der Waals surface area contributed by atoms with Gasteiger partial charge in [-0.25, -0.2) is 0 Å². The van der Waals surface area contributed by atoms with Crippen LogP contribution >= 0.6 is 11.6 Å². The number of allylic oxidation sites excluding steroid dienone is 2. The van der Waals surface area contributed by atoms with E-state index < -0.39 is 5.00 Å². The summed E-state index contributed by atoms with van der Waals surface area (Å²) in [4.78, 5) is -0.811. The van der Waals surface area contributed by atoms with Crippen molar-refractivity contribution in [2.75, 3.05) is 0 Å². The molecule has 0 aromatic rings. The number of rotatable bonds is 0. The minimum Gasteiger partial charge on any atom is -0.508 e. The largest absolute Gasteiger partial charge is 0.508 e. The number of alkyl halides is 1. The highest BCUT2D eigenvalue weighted by Crippen LogP contribution is 2.20. The minimum absolute atomic E-state index is 0.145. The van der Waals surface area contributed by atoms with E-state index in [0.29, 0.717) is 0 Å². The fraction of sp³-hybridized carbons (Fsp3) is 0.333. The highest BCUT2D eigenvalue weighted by Gasteiger charge is 2.24. The predicted octanol–water partition coefficient (Wildman–Crippen LogP) is 1.50. The molecular weight excluding hydrogens is 138 g/mol. The second kappa shape index (κ2) is 1.95. The molecule has 1 aliphatic heterocycles. The average molecular weight is 146 g/mol. The molecule has 1 unspecified atom stereocenters. The number of hydrogen-bond donors (Lipinski definition) is 2. The molecule has 2 N–H and O–H groups in total. The van der Waals surface area contributed by atoms with Crippen LogP contribution in [-0.2, 0) is 0 Å². The van der Waals surface area contributed by atoms with Gasteiger partial charge >= 0.3 is 0 Å². The summed E-state index contributed by atoms with van der Waals surface area (Å²) in [7, 11) is 0. The predicted molar refractivity (Wildman–Crippen MR) is 37.2 cm³/mol. The van der Waals surface area contributed by atoms with Gasteiger partial charge in [0.25, 0.3) is 0 Å². The summed E-state index contributed by atoms with van der Waals surface area (Å²) in [5, 5.41) is 11.8. The van der Waals surface area contributed by atoms with Crippen molar-refractivity contribution in [3.8, 4) is 0 Å². The van der Waals surface area contributed by atoms with Crippen molar-refractivity contribution in [2.45, 2.75) is 11.9 Å².